The van der Waals surface area contributed by atoms with Crippen LogP contribution in [0, 0.1) is 0 Å². The summed E-state index contributed by atoms with van der Waals surface area (Å²) in [5, 5.41) is 0. The summed E-state index contributed by atoms with van der Waals surface area (Å²) in [6, 6.07) is 9.34. The lowest BCUT2D eigenvalue weighted by molar-refractivity contribution is 0.0784. The highest BCUT2D eigenvalue weighted by Gasteiger charge is 2.15. The molecule has 0 N–H and O–H groups in total. The first-order valence-electron chi connectivity index (χ1n) is 5.67. The van der Waals surface area contributed by atoms with Gasteiger partial charge in [0.2, 0.25) is 0 Å². The van der Waals surface area contributed by atoms with Gasteiger partial charge in [-0.05, 0) is 45.8 Å². The van der Waals surface area contributed by atoms with Crippen molar-refractivity contribution in [3.05, 3.63) is 62.8 Å². The first-order valence-corrected chi connectivity index (χ1v) is 7.26. The topological polar surface area (TPSA) is 33.2 Å². The van der Waals surface area contributed by atoms with Gasteiger partial charge in [-0.25, -0.2) is 0 Å². The molecular formula is C14H12Br2N2O. The summed E-state index contributed by atoms with van der Waals surface area (Å²) >= 11 is 6.78. The van der Waals surface area contributed by atoms with Gasteiger partial charge in [0.15, 0.2) is 0 Å². The maximum Gasteiger partial charge on any atom is 0.255 e. The molecule has 2 rings (SSSR count). The summed E-state index contributed by atoms with van der Waals surface area (Å²) in [4.78, 5) is 18.1. The molecule has 0 aliphatic carbocycles. The molecule has 0 radical (unpaired) electrons. The Hall–Kier alpha value is -1.20. The number of amides is 1. The maximum atomic E-state index is 12.3. The summed E-state index contributed by atoms with van der Waals surface area (Å²) in [6.45, 7) is 0.537. The van der Waals surface area contributed by atoms with Crippen molar-refractivity contribution < 1.29 is 4.79 Å². The highest BCUT2D eigenvalue weighted by molar-refractivity contribution is 9.11. The summed E-state index contributed by atoms with van der Waals surface area (Å²) in [5.41, 5.74) is 1.65. The summed E-state index contributed by atoms with van der Waals surface area (Å²) in [6.07, 6.45) is 3.48. The second-order valence-electron chi connectivity index (χ2n) is 4.15. The number of benzene rings is 1. The van der Waals surface area contributed by atoms with E-state index < -0.39 is 0 Å². The first kappa shape index (κ1) is 14.2. The van der Waals surface area contributed by atoms with Crippen LogP contribution in [0.2, 0.25) is 0 Å². The highest BCUT2D eigenvalue weighted by atomic mass is 79.9. The first-order chi connectivity index (χ1) is 9.08. The second-order valence-corrected chi connectivity index (χ2v) is 5.92. The average molecular weight is 384 g/mol. The minimum atomic E-state index is -0.0248. The largest absolute Gasteiger partial charge is 0.337 e. The monoisotopic (exact) mass is 382 g/mol. The molecule has 5 heteroatoms. The van der Waals surface area contributed by atoms with Crippen LogP contribution in [0.25, 0.3) is 0 Å². The Morgan fingerprint density at radius 2 is 2.11 bits per heavy atom. The molecule has 0 unspecified atom stereocenters. The summed E-state index contributed by atoms with van der Waals surface area (Å²) in [7, 11) is 1.78. The number of carbonyl (C=O) groups is 1. The third-order valence-electron chi connectivity index (χ3n) is 2.65. The predicted molar refractivity (Wildman–Crippen MR) is 81.9 cm³/mol. The third-order valence-corrected chi connectivity index (χ3v) is 3.80. The van der Waals surface area contributed by atoms with Crippen molar-refractivity contribution in [2.45, 2.75) is 6.54 Å². The fourth-order valence-electron chi connectivity index (χ4n) is 1.71. The SMILES string of the molecule is CN(Cc1cccnc1)C(=O)c1ccc(Br)cc1Br. The molecule has 0 saturated heterocycles. The smallest absolute Gasteiger partial charge is 0.255 e. The number of nitrogens with zero attached hydrogens (tertiary/aromatic N) is 2. The van der Waals surface area contributed by atoms with Gasteiger partial charge in [0.1, 0.15) is 0 Å². The highest BCUT2D eigenvalue weighted by Crippen LogP contribution is 2.23. The van der Waals surface area contributed by atoms with Gasteiger partial charge in [-0.15, -0.1) is 0 Å². The molecule has 1 aromatic heterocycles. The minimum absolute atomic E-state index is 0.0248. The number of halogens is 2. The molecule has 0 aliphatic heterocycles. The Bertz CT molecular complexity index is 587. The third kappa shape index (κ3) is 3.64. The second kappa shape index (κ2) is 6.30. The van der Waals surface area contributed by atoms with E-state index in [1.54, 1.807) is 30.4 Å². The molecule has 1 heterocycles. The van der Waals surface area contributed by atoms with Gasteiger partial charge in [-0.2, -0.15) is 0 Å². The van der Waals surface area contributed by atoms with Crippen molar-refractivity contribution in [1.29, 1.82) is 0 Å². The normalized spacial score (nSPS) is 10.3. The maximum absolute atomic E-state index is 12.3. The van der Waals surface area contributed by atoms with E-state index >= 15 is 0 Å². The van der Waals surface area contributed by atoms with E-state index in [1.165, 1.54) is 0 Å². The molecule has 3 nitrogen and oxygen atoms in total. The van der Waals surface area contributed by atoms with E-state index in [0.717, 1.165) is 14.5 Å². The van der Waals surface area contributed by atoms with E-state index in [0.29, 0.717) is 12.1 Å². The molecule has 0 aliphatic rings. The van der Waals surface area contributed by atoms with Gasteiger partial charge in [0, 0.05) is 34.9 Å². The number of rotatable bonds is 3. The number of hydrogen-bond acceptors (Lipinski definition) is 2. The van der Waals surface area contributed by atoms with Crippen molar-refractivity contribution in [3.8, 4) is 0 Å². The lowest BCUT2D eigenvalue weighted by Crippen LogP contribution is -2.26. The van der Waals surface area contributed by atoms with Gasteiger partial charge >= 0.3 is 0 Å². The molecule has 2 aromatic rings. The van der Waals surface area contributed by atoms with Crippen LogP contribution in [0.5, 0.6) is 0 Å². The van der Waals surface area contributed by atoms with E-state index in [9.17, 15) is 4.79 Å². The zero-order chi connectivity index (χ0) is 13.8. The molecule has 98 valence electrons. The van der Waals surface area contributed by atoms with Gasteiger partial charge in [0.05, 0.1) is 5.56 Å². The molecule has 0 bridgehead atoms. The lowest BCUT2D eigenvalue weighted by atomic mass is 10.2. The van der Waals surface area contributed by atoms with E-state index in [-0.39, 0.29) is 5.91 Å². The summed E-state index contributed by atoms with van der Waals surface area (Å²) < 4.78 is 1.72. The van der Waals surface area contributed by atoms with Crippen molar-refractivity contribution in [2.75, 3.05) is 7.05 Å². The standard InChI is InChI=1S/C14H12Br2N2O/c1-18(9-10-3-2-6-17-8-10)14(19)12-5-4-11(15)7-13(12)16/h2-8H,9H2,1H3. The van der Waals surface area contributed by atoms with Crippen molar-refractivity contribution in [2.24, 2.45) is 0 Å². The molecule has 0 saturated carbocycles. The minimum Gasteiger partial charge on any atom is -0.337 e. The molecule has 0 fully saturated rings. The van der Waals surface area contributed by atoms with Crippen molar-refractivity contribution in [3.63, 3.8) is 0 Å². The van der Waals surface area contributed by atoms with Crippen LogP contribution >= 0.6 is 31.9 Å². The molecule has 1 aromatic carbocycles. The van der Waals surface area contributed by atoms with Crippen LogP contribution in [0.4, 0.5) is 0 Å². The molecule has 1 amide bonds. The Balaban J connectivity index is 2.15. The molecule has 19 heavy (non-hydrogen) atoms. The van der Waals surface area contributed by atoms with Gasteiger partial charge < -0.3 is 4.90 Å². The fourth-order valence-corrected chi connectivity index (χ4v) is 2.92. The van der Waals surface area contributed by atoms with E-state index in [1.807, 2.05) is 24.3 Å². The van der Waals surface area contributed by atoms with Crippen LogP contribution in [-0.4, -0.2) is 22.8 Å². The van der Waals surface area contributed by atoms with Gasteiger partial charge in [0.25, 0.3) is 5.91 Å². The molecule has 0 spiro atoms. The zero-order valence-electron chi connectivity index (χ0n) is 10.3. The fraction of sp³-hybridized carbons (Fsp3) is 0.143. The van der Waals surface area contributed by atoms with Crippen LogP contribution in [-0.2, 0) is 6.54 Å². The summed E-state index contributed by atoms with van der Waals surface area (Å²) in [5.74, 6) is -0.0248. The van der Waals surface area contributed by atoms with Gasteiger partial charge in [-0.3, -0.25) is 9.78 Å². The lowest BCUT2D eigenvalue weighted by Gasteiger charge is -2.18. The van der Waals surface area contributed by atoms with Crippen molar-refractivity contribution >= 4 is 37.8 Å². The number of hydrogen-bond donors (Lipinski definition) is 0. The number of aromatic nitrogens is 1. The Labute approximate surface area is 128 Å². The predicted octanol–water partition coefficient (Wildman–Crippen LogP) is 3.88. The van der Waals surface area contributed by atoms with Crippen LogP contribution in [0.15, 0.2) is 51.7 Å². The van der Waals surface area contributed by atoms with Crippen molar-refractivity contribution in [1.82, 2.24) is 9.88 Å². The Morgan fingerprint density at radius 3 is 2.74 bits per heavy atom. The van der Waals surface area contributed by atoms with Crippen LogP contribution in [0.1, 0.15) is 15.9 Å². The zero-order valence-corrected chi connectivity index (χ0v) is 13.5. The quantitative estimate of drug-likeness (QED) is 0.805. The van der Waals surface area contributed by atoms with Crippen LogP contribution < -0.4 is 0 Å². The molecule has 0 atom stereocenters. The Morgan fingerprint density at radius 1 is 1.32 bits per heavy atom. The van der Waals surface area contributed by atoms with Gasteiger partial charge in [-0.1, -0.05) is 22.0 Å². The average Bonchev–Trinajstić information content (AvgIpc) is 2.39. The number of pyridine rings is 1. The number of carbonyl (C=O) groups excluding carboxylic acids is 1. The Kier molecular flexibility index (Phi) is 4.71. The van der Waals surface area contributed by atoms with Crippen LogP contribution in [0.3, 0.4) is 0 Å². The molecular weight excluding hydrogens is 372 g/mol. The van der Waals surface area contributed by atoms with E-state index in [2.05, 4.69) is 36.8 Å². The van der Waals surface area contributed by atoms with E-state index in [4.69, 9.17) is 0 Å².